The number of nitrogens with one attached hydrogen (secondary N) is 2. The Kier molecular flexibility index (Phi) is 7.72. The number of rotatable bonds is 9. The first kappa shape index (κ1) is 24.7. The monoisotopic (exact) mass is 479 g/mol. The summed E-state index contributed by atoms with van der Waals surface area (Å²) in [6.45, 7) is 4.75. The summed E-state index contributed by atoms with van der Waals surface area (Å²) >= 11 is 1.19. The highest BCUT2D eigenvalue weighted by molar-refractivity contribution is 7.15. The van der Waals surface area contributed by atoms with Gasteiger partial charge in [0.05, 0.1) is 12.2 Å². The molecule has 0 unspecified atom stereocenters. The summed E-state index contributed by atoms with van der Waals surface area (Å²) in [7, 11) is 0. The van der Waals surface area contributed by atoms with E-state index in [0.717, 1.165) is 23.3 Å². The van der Waals surface area contributed by atoms with Crippen LogP contribution in [0.1, 0.15) is 62.4 Å². The van der Waals surface area contributed by atoms with Gasteiger partial charge in [0, 0.05) is 0 Å². The molecule has 3 rings (SSSR count). The van der Waals surface area contributed by atoms with Crippen LogP contribution < -0.4 is 10.6 Å². The molecule has 2 N–H and O–H groups in total. The van der Waals surface area contributed by atoms with Gasteiger partial charge in [-0.2, -0.15) is 0 Å². The van der Waals surface area contributed by atoms with E-state index in [2.05, 4.69) is 10.6 Å². The molecule has 1 saturated heterocycles. The van der Waals surface area contributed by atoms with Crippen molar-refractivity contribution in [2.45, 2.75) is 58.4 Å². The fourth-order valence-corrected chi connectivity index (χ4v) is 5.10. The summed E-state index contributed by atoms with van der Waals surface area (Å²) in [4.78, 5) is 62.6. The van der Waals surface area contributed by atoms with Gasteiger partial charge >= 0.3 is 18.0 Å². The highest BCUT2D eigenvalue weighted by atomic mass is 32.1. The van der Waals surface area contributed by atoms with Crippen molar-refractivity contribution >= 4 is 46.1 Å². The van der Waals surface area contributed by atoms with E-state index in [4.69, 9.17) is 9.47 Å². The number of urea groups is 1. The van der Waals surface area contributed by atoms with Crippen molar-refractivity contribution in [3.8, 4) is 0 Å². The predicted molar refractivity (Wildman–Crippen MR) is 120 cm³/mol. The van der Waals surface area contributed by atoms with Gasteiger partial charge in [-0.05, 0) is 43.0 Å². The Morgan fingerprint density at radius 1 is 1.21 bits per heavy atom. The zero-order valence-electron chi connectivity index (χ0n) is 19.0. The van der Waals surface area contributed by atoms with Crippen molar-refractivity contribution < 1.29 is 33.4 Å². The number of imide groups is 1. The smallest absolute Gasteiger partial charge is 0.341 e. The molecule has 0 radical (unpaired) electrons. The molecule has 1 aliphatic carbocycles. The van der Waals surface area contributed by atoms with Crippen LogP contribution in [-0.4, -0.2) is 60.0 Å². The van der Waals surface area contributed by atoms with Gasteiger partial charge in [-0.15, -0.1) is 11.3 Å². The van der Waals surface area contributed by atoms with Crippen LogP contribution in [-0.2, 0) is 30.3 Å². The lowest BCUT2D eigenvalue weighted by molar-refractivity contribution is -0.150. The predicted octanol–water partition coefficient (Wildman–Crippen LogP) is 2.47. The average molecular weight is 480 g/mol. The molecule has 1 saturated carbocycles. The van der Waals surface area contributed by atoms with E-state index in [1.54, 1.807) is 12.3 Å². The molecule has 2 aliphatic rings. The highest BCUT2D eigenvalue weighted by Gasteiger charge is 2.52. The molecule has 1 spiro atoms. The van der Waals surface area contributed by atoms with Gasteiger partial charge in [0.25, 0.3) is 11.8 Å². The molecule has 10 nitrogen and oxygen atoms in total. The third-order valence-electron chi connectivity index (χ3n) is 5.58. The number of anilines is 1. The molecule has 180 valence electrons. The second kappa shape index (κ2) is 10.3. The number of esters is 2. The first-order valence-electron chi connectivity index (χ1n) is 11.0. The topological polar surface area (TPSA) is 131 Å². The zero-order valence-corrected chi connectivity index (χ0v) is 19.8. The molecule has 0 atom stereocenters. The normalized spacial score (nSPS) is 16.9. The number of hydrogen-bond acceptors (Lipinski definition) is 8. The quantitative estimate of drug-likeness (QED) is 0.411. The van der Waals surface area contributed by atoms with Crippen LogP contribution in [0.2, 0.25) is 0 Å². The van der Waals surface area contributed by atoms with Gasteiger partial charge in [0.2, 0.25) is 0 Å². The van der Waals surface area contributed by atoms with Gasteiger partial charge in [-0.25, -0.2) is 9.59 Å². The van der Waals surface area contributed by atoms with E-state index < -0.39 is 48.5 Å². The summed E-state index contributed by atoms with van der Waals surface area (Å²) < 4.78 is 10.1. The lowest BCUT2D eigenvalue weighted by Crippen LogP contribution is -2.44. The Morgan fingerprint density at radius 3 is 2.55 bits per heavy atom. The summed E-state index contributed by atoms with van der Waals surface area (Å²) in [6.07, 6.45) is 3.41. The molecule has 1 aliphatic heterocycles. The first-order chi connectivity index (χ1) is 15.7. The minimum atomic E-state index is -0.912. The summed E-state index contributed by atoms with van der Waals surface area (Å²) in [5, 5.41) is 7.39. The third-order valence-corrected chi connectivity index (χ3v) is 6.53. The lowest BCUT2D eigenvalue weighted by Gasteiger charge is -2.19. The number of ether oxygens (including phenoxy) is 2. The molecular formula is C22H29N3O7S. The van der Waals surface area contributed by atoms with Crippen molar-refractivity contribution in [2.24, 2.45) is 5.92 Å². The molecule has 33 heavy (non-hydrogen) atoms. The Balaban J connectivity index is 1.56. The zero-order chi connectivity index (χ0) is 24.2. The molecule has 1 aromatic heterocycles. The SMILES string of the molecule is CCOC(=O)c1c(CC(C)C)csc1NC(=O)COC(=O)CN1C(=O)NC2(CCCC2)C1=O. The summed E-state index contributed by atoms with van der Waals surface area (Å²) in [5.74, 6) is -2.17. The minimum Gasteiger partial charge on any atom is -0.462 e. The maximum atomic E-state index is 12.6. The Hall–Kier alpha value is -2.95. The molecule has 2 heterocycles. The standard InChI is InChI=1S/C22H29N3O7S/c1-4-31-19(28)17-14(9-13(2)3)12-33-18(17)23-15(26)11-32-16(27)10-25-20(29)22(24-21(25)30)7-5-6-8-22/h12-13H,4-11H2,1-3H3,(H,23,26)(H,24,30). The van der Waals surface area contributed by atoms with Crippen LogP contribution in [0.15, 0.2) is 5.38 Å². The molecule has 1 aromatic rings. The largest absolute Gasteiger partial charge is 0.462 e. The Morgan fingerprint density at radius 2 is 1.91 bits per heavy atom. The van der Waals surface area contributed by atoms with E-state index in [9.17, 15) is 24.0 Å². The van der Waals surface area contributed by atoms with Crippen LogP contribution in [0, 0.1) is 5.92 Å². The van der Waals surface area contributed by atoms with E-state index in [0.29, 0.717) is 35.7 Å². The maximum absolute atomic E-state index is 12.6. The van der Waals surface area contributed by atoms with Crippen LogP contribution in [0.4, 0.5) is 9.80 Å². The van der Waals surface area contributed by atoms with Crippen molar-refractivity contribution in [1.82, 2.24) is 10.2 Å². The number of hydrogen-bond donors (Lipinski definition) is 2. The number of carbonyl (C=O) groups excluding carboxylic acids is 5. The highest BCUT2D eigenvalue weighted by Crippen LogP contribution is 2.35. The molecule has 0 aromatic carbocycles. The van der Waals surface area contributed by atoms with Crippen molar-refractivity contribution in [1.29, 1.82) is 0 Å². The van der Waals surface area contributed by atoms with Crippen LogP contribution in [0.25, 0.3) is 0 Å². The second-order valence-corrected chi connectivity index (χ2v) is 9.48. The first-order valence-corrected chi connectivity index (χ1v) is 11.9. The van der Waals surface area contributed by atoms with Gasteiger partial charge in [-0.3, -0.25) is 19.3 Å². The number of carbonyl (C=O) groups is 5. The molecule has 2 fully saturated rings. The van der Waals surface area contributed by atoms with E-state index in [1.807, 2.05) is 13.8 Å². The lowest BCUT2D eigenvalue weighted by atomic mass is 9.98. The fraction of sp³-hybridized carbons (Fsp3) is 0.591. The van der Waals surface area contributed by atoms with Crippen LogP contribution in [0.5, 0.6) is 0 Å². The number of nitrogens with zero attached hydrogens (tertiary/aromatic N) is 1. The van der Waals surface area contributed by atoms with Gasteiger partial charge < -0.3 is 20.1 Å². The van der Waals surface area contributed by atoms with Gasteiger partial charge in [-0.1, -0.05) is 26.7 Å². The van der Waals surface area contributed by atoms with Gasteiger partial charge in [0.15, 0.2) is 6.61 Å². The van der Waals surface area contributed by atoms with Crippen molar-refractivity contribution in [2.75, 3.05) is 25.1 Å². The number of thiophene rings is 1. The second-order valence-electron chi connectivity index (χ2n) is 8.60. The van der Waals surface area contributed by atoms with Crippen molar-refractivity contribution in [3.63, 3.8) is 0 Å². The molecular weight excluding hydrogens is 450 g/mol. The molecule has 0 bridgehead atoms. The van der Waals surface area contributed by atoms with E-state index in [1.165, 1.54) is 11.3 Å². The summed E-state index contributed by atoms with van der Waals surface area (Å²) in [6, 6.07) is -0.626. The van der Waals surface area contributed by atoms with Crippen LogP contribution in [0.3, 0.4) is 0 Å². The van der Waals surface area contributed by atoms with Crippen LogP contribution >= 0.6 is 11.3 Å². The Bertz CT molecular complexity index is 950. The number of amides is 4. The summed E-state index contributed by atoms with van der Waals surface area (Å²) in [5.41, 5.74) is 0.169. The Labute approximate surface area is 196 Å². The fourth-order valence-electron chi connectivity index (χ4n) is 4.12. The third kappa shape index (κ3) is 5.52. The van der Waals surface area contributed by atoms with E-state index in [-0.39, 0.29) is 6.61 Å². The molecule has 11 heteroatoms. The van der Waals surface area contributed by atoms with Gasteiger partial charge in [0.1, 0.15) is 17.1 Å². The van der Waals surface area contributed by atoms with E-state index >= 15 is 0 Å². The molecule has 4 amide bonds. The van der Waals surface area contributed by atoms with Crippen molar-refractivity contribution in [3.05, 3.63) is 16.5 Å². The average Bonchev–Trinajstić information content (AvgIpc) is 3.42. The minimum absolute atomic E-state index is 0.199. The maximum Gasteiger partial charge on any atom is 0.341 e.